The fraction of sp³-hybridized carbons (Fsp3) is 0.611. The lowest BCUT2D eigenvalue weighted by molar-refractivity contribution is -0.211. The zero-order valence-electron chi connectivity index (χ0n) is 28.3. The minimum atomic E-state index is -2.38. The molecule has 10 heteroatoms. The highest BCUT2D eigenvalue weighted by Crippen LogP contribution is 2.71. The van der Waals surface area contributed by atoms with E-state index in [1.807, 2.05) is 83.7 Å². The fourth-order valence-corrected chi connectivity index (χ4v) is 10.4. The van der Waals surface area contributed by atoms with Crippen molar-refractivity contribution < 1.29 is 37.5 Å². The molecule has 2 saturated carbocycles. The lowest BCUT2D eigenvalue weighted by Crippen LogP contribution is -2.71. The smallest absolute Gasteiger partial charge is 0.408 e. The van der Waals surface area contributed by atoms with Gasteiger partial charge in [0.05, 0.1) is 12.1 Å². The minimum absolute atomic E-state index is 0.0530. The van der Waals surface area contributed by atoms with Gasteiger partial charge in [-0.25, -0.2) is 9.18 Å². The summed E-state index contributed by atoms with van der Waals surface area (Å²) in [6, 6.07) is 9.00. The number of ether oxygens (including phenoxy) is 2. The lowest BCUT2D eigenvalue weighted by atomic mass is 9.45. The average molecular weight is 654 g/mol. The molecular formula is C36H48FNO7Si. The number of nitrogens with one attached hydrogen (secondary N) is 1. The number of benzene rings is 1. The first-order chi connectivity index (χ1) is 21.4. The number of fused-ring (bicyclic) bond motifs is 5. The molecule has 4 aliphatic rings. The fourth-order valence-electron chi connectivity index (χ4n) is 9.27. The maximum absolute atomic E-state index is 18.5. The summed E-state index contributed by atoms with van der Waals surface area (Å²) in [5.41, 5.74) is -4.10. The SMILES string of the molecule is CC(=O)OCC(=O)[C@@]1(OC(=O)N[C@H](C)c2ccccc2)[C@@H](C)C[C@H]2[C@@H]3CC=C4CC(=O)C=C[C@]4(C)[C@@]3(F)[C@@H](O[Si](C)(C)C)C[C@@]21C. The Labute approximate surface area is 272 Å². The first-order valence-corrected chi connectivity index (χ1v) is 19.8. The molecule has 250 valence electrons. The van der Waals surface area contributed by atoms with E-state index in [2.05, 4.69) is 5.32 Å². The second kappa shape index (κ2) is 11.8. The van der Waals surface area contributed by atoms with Crippen LogP contribution in [0.2, 0.25) is 19.6 Å². The highest BCUT2D eigenvalue weighted by Gasteiger charge is 2.77. The molecule has 0 unspecified atom stereocenters. The van der Waals surface area contributed by atoms with Crippen molar-refractivity contribution in [3.63, 3.8) is 0 Å². The summed E-state index contributed by atoms with van der Waals surface area (Å²) in [6.07, 6.45) is 4.55. The van der Waals surface area contributed by atoms with E-state index in [1.54, 1.807) is 6.08 Å². The maximum Gasteiger partial charge on any atom is 0.408 e. The molecule has 0 aromatic heterocycles. The van der Waals surface area contributed by atoms with E-state index in [-0.39, 0.29) is 24.5 Å². The number of halogens is 1. The molecule has 1 aromatic rings. The third kappa shape index (κ3) is 5.39. The molecule has 1 aromatic carbocycles. The first kappa shape index (κ1) is 34.2. The van der Waals surface area contributed by atoms with Crippen LogP contribution in [0.3, 0.4) is 0 Å². The number of esters is 1. The predicted molar refractivity (Wildman–Crippen MR) is 174 cm³/mol. The molecule has 46 heavy (non-hydrogen) atoms. The topological polar surface area (TPSA) is 108 Å². The largest absolute Gasteiger partial charge is 0.458 e. The van der Waals surface area contributed by atoms with Crippen molar-refractivity contribution in [1.29, 1.82) is 0 Å². The van der Waals surface area contributed by atoms with Gasteiger partial charge in [-0.2, -0.15) is 0 Å². The summed E-state index contributed by atoms with van der Waals surface area (Å²) in [6.45, 7) is 14.2. The Kier molecular flexibility index (Phi) is 8.81. The second-order valence-corrected chi connectivity index (χ2v) is 19.7. The quantitative estimate of drug-likeness (QED) is 0.186. The molecule has 0 saturated heterocycles. The molecule has 0 aliphatic heterocycles. The van der Waals surface area contributed by atoms with Crippen LogP contribution in [0.5, 0.6) is 0 Å². The number of rotatable bonds is 8. The highest BCUT2D eigenvalue weighted by atomic mass is 28.4. The molecule has 9 atom stereocenters. The van der Waals surface area contributed by atoms with Crippen LogP contribution in [-0.2, 0) is 28.3 Å². The molecule has 2 fully saturated rings. The molecule has 1 N–H and O–H groups in total. The molecule has 8 nitrogen and oxygen atoms in total. The number of ketones is 2. The highest BCUT2D eigenvalue weighted by molar-refractivity contribution is 6.69. The first-order valence-electron chi connectivity index (χ1n) is 16.4. The number of amides is 1. The Morgan fingerprint density at radius 3 is 2.41 bits per heavy atom. The third-order valence-electron chi connectivity index (χ3n) is 11.3. The van der Waals surface area contributed by atoms with Gasteiger partial charge >= 0.3 is 12.1 Å². The normalized spacial score (nSPS) is 37.2. The summed E-state index contributed by atoms with van der Waals surface area (Å²) >= 11 is 0. The third-order valence-corrected chi connectivity index (χ3v) is 12.3. The number of hydrogen-bond donors (Lipinski definition) is 1. The van der Waals surface area contributed by atoms with E-state index in [1.165, 1.54) is 13.0 Å². The van der Waals surface area contributed by atoms with Gasteiger partial charge < -0.3 is 19.2 Å². The van der Waals surface area contributed by atoms with Crippen LogP contribution in [0, 0.1) is 28.6 Å². The van der Waals surface area contributed by atoms with E-state index in [0.717, 1.165) is 11.1 Å². The lowest BCUT2D eigenvalue weighted by Gasteiger charge is -2.63. The van der Waals surface area contributed by atoms with E-state index in [4.69, 9.17) is 13.9 Å². The zero-order chi connectivity index (χ0) is 33.9. The van der Waals surface area contributed by atoms with Gasteiger partial charge in [-0.15, -0.1) is 0 Å². The number of hydrogen-bond acceptors (Lipinski definition) is 7. The van der Waals surface area contributed by atoms with Crippen molar-refractivity contribution in [2.45, 2.75) is 103 Å². The van der Waals surface area contributed by atoms with Crippen LogP contribution >= 0.6 is 0 Å². The van der Waals surface area contributed by atoms with E-state index >= 15 is 4.39 Å². The van der Waals surface area contributed by atoms with Crippen LogP contribution in [0.4, 0.5) is 9.18 Å². The van der Waals surface area contributed by atoms with E-state index < -0.39 is 78.9 Å². The van der Waals surface area contributed by atoms with Crippen molar-refractivity contribution >= 4 is 31.9 Å². The molecule has 4 aliphatic carbocycles. The molecule has 0 heterocycles. The Morgan fingerprint density at radius 1 is 1.11 bits per heavy atom. The molecule has 0 spiro atoms. The number of Topliss-reactive ketones (excluding diaryl/α,β-unsaturated/α-hetero) is 1. The van der Waals surface area contributed by atoms with Crippen molar-refractivity contribution in [2.75, 3.05) is 6.61 Å². The molecular weight excluding hydrogens is 605 g/mol. The molecule has 0 bridgehead atoms. The summed E-state index contributed by atoms with van der Waals surface area (Å²) in [4.78, 5) is 52.5. The van der Waals surface area contributed by atoms with Gasteiger partial charge in [0.15, 0.2) is 32.0 Å². The maximum atomic E-state index is 18.5. The number of carbonyl (C=O) groups is 4. The summed E-state index contributed by atoms with van der Waals surface area (Å²) in [5, 5.41) is 2.89. The van der Waals surface area contributed by atoms with Crippen LogP contribution in [0.15, 0.2) is 54.1 Å². The molecule has 5 rings (SSSR count). The van der Waals surface area contributed by atoms with Crippen molar-refractivity contribution in [3.8, 4) is 0 Å². The van der Waals surface area contributed by atoms with Gasteiger partial charge in [0, 0.05) is 36.0 Å². The number of allylic oxidation sites excluding steroid dienone is 4. The monoisotopic (exact) mass is 653 g/mol. The minimum Gasteiger partial charge on any atom is -0.458 e. The molecule has 1 amide bonds. The second-order valence-electron chi connectivity index (χ2n) is 15.2. The summed E-state index contributed by atoms with van der Waals surface area (Å²) < 4.78 is 36.9. The number of alkyl carbamates (subject to hydrolysis) is 1. The van der Waals surface area contributed by atoms with E-state index in [0.29, 0.717) is 12.8 Å². The van der Waals surface area contributed by atoms with Gasteiger partial charge in [0.2, 0.25) is 5.78 Å². The van der Waals surface area contributed by atoms with Gasteiger partial charge in [-0.05, 0) is 70.3 Å². The average Bonchev–Trinajstić information content (AvgIpc) is 3.18. The molecule has 0 radical (unpaired) electrons. The van der Waals surface area contributed by atoms with Gasteiger partial charge in [0.25, 0.3) is 0 Å². The Bertz CT molecular complexity index is 1470. The van der Waals surface area contributed by atoms with Crippen LogP contribution in [0.25, 0.3) is 0 Å². The van der Waals surface area contributed by atoms with E-state index in [9.17, 15) is 19.2 Å². The zero-order valence-corrected chi connectivity index (χ0v) is 29.3. The number of carbonyl (C=O) groups excluding carboxylic acids is 4. The predicted octanol–water partition coefficient (Wildman–Crippen LogP) is 6.82. The Balaban J connectivity index is 1.62. The van der Waals surface area contributed by atoms with Gasteiger partial charge in [-0.1, -0.05) is 61.9 Å². The van der Waals surface area contributed by atoms with Crippen molar-refractivity contribution in [2.24, 2.45) is 28.6 Å². The summed E-state index contributed by atoms with van der Waals surface area (Å²) in [5.74, 6) is -2.68. The van der Waals surface area contributed by atoms with Gasteiger partial charge in [-0.3, -0.25) is 14.4 Å². The van der Waals surface area contributed by atoms with Crippen LogP contribution in [-0.4, -0.2) is 55.9 Å². The van der Waals surface area contributed by atoms with Crippen molar-refractivity contribution in [1.82, 2.24) is 5.32 Å². The Hall–Kier alpha value is -3.11. The van der Waals surface area contributed by atoms with Gasteiger partial charge in [0.1, 0.15) is 0 Å². The van der Waals surface area contributed by atoms with Crippen LogP contribution in [0.1, 0.15) is 71.9 Å². The summed E-state index contributed by atoms with van der Waals surface area (Å²) in [7, 11) is -2.38. The van der Waals surface area contributed by atoms with Crippen molar-refractivity contribution in [3.05, 3.63) is 59.7 Å². The van der Waals surface area contributed by atoms with Crippen LogP contribution < -0.4 is 5.32 Å². The Morgan fingerprint density at radius 2 is 1.78 bits per heavy atom. The number of alkyl halides is 1. The standard InChI is InChI=1S/C36H48FNO7Si/c1-22-18-29-28-15-14-26-19-27(40)16-17-33(26,4)35(28,37)31(45-46(6,7)8)20-34(29,5)36(22,30(41)21-43-24(3)39)44-32(42)38-23(2)25-12-10-9-11-13-25/h9-14,16-17,22-23,28-29,31H,15,18-21H2,1-8H3,(H,38,42)/t22-,23+,28-,29-,31-,33-,34-,35-,36-/m0/s1.